The summed E-state index contributed by atoms with van der Waals surface area (Å²) in [6.07, 6.45) is 5.92. The molecule has 1 aromatic rings. The van der Waals surface area contributed by atoms with E-state index in [0.717, 1.165) is 45.4 Å². The van der Waals surface area contributed by atoms with Crippen LogP contribution in [0.1, 0.15) is 37.7 Å². The van der Waals surface area contributed by atoms with Gasteiger partial charge >= 0.3 is 6.03 Å². The maximum absolute atomic E-state index is 12.7. The number of amides is 3. The number of carbonyl (C=O) groups excluding carboxylic acids is 2. The van der Waals surface area contributed by atoms with Crippen LogP contribution in [-0.4, -0.2) is 78.5 Å². The summed E-state index contributed by atoms with van der Waals surface area (Å²) in [5.41, 5.74) is 1.20. The maximum Gasteiger partial charge on any atom is 0.317 e. The Morgan fingerprint density at radius 1 is 0.931 bits per heavy atom. The lowest BCUT2D eigenvalue weighted by atomic mass is 10.1. The van der Waals surface area contributed by atoms with Crippen LogP contribution in [0.4, 0.5) is 4.79 Å². The number of hydrogen-bond donors (Lipinski definition) is 1. The van der Waals surface area contributed by atoms with E-state index < -0.39 is 0 Å². The van der Waals surface area contributed by atoms with E-state index in [2.05, 4.69) is 22.3 Å². The van der Waals surface area contributed by atoms with E-state index in [1.54, 1.807) is 0 Å². The van der Waals surface area contributed by atoms with E-state index in [4.69, 9.17) is 0 Å². The minimum absolute atomic E-state index is 0.0532. The third kappa shape index (κ3) is 5.50. The van der Waals surface area contributed by atoms with E-state index in [1.807, 2.05) is 28.0 Å². The second kappa shape index (κ2) is 9.61. The van der Waals surface area contributed by atoms with Crippen LogP contribution in [-0.2, 0) is 11.2 Å². The Bertz CT molecular complexity index is 689. The molecule has 3 amide bonds. The van der Waals surface area contributed by atoms with Crippen molar-refractivity contribution in [1.82, 2.24) is 20.0 Å². The van der Waals surface area contributed by atoms with Crippen molar-refractivity contribution >= 4 is 11.9 Å². The average Bonchev–Trinajstić information content (AvgIpc) is 3.49. The number of rotatable bonds is 6. The minimum atomic E-state index is 0.0532. The normalized spacial score (nSPS) is 25.0. The Kier molecular flexibility index (Phi) is 6.70. The molecule has 6 heteroatoms. The van der Waals surface area contributed by atoms with E-state index >= 15 is 0 Å². The summed E-state index contributed by atoms with van der Waals surface area (Å²) in [5, 5.41) is 3.17. The lowest BCUT2D eigenvalue weighted by Crippen LogP contribution is -2.45. The standard InChI is InChI=1S/C23H34N4O2/c28-22(9-8-19-6-2-1-3-7-19)26-15-11-21(18-26)24-23(29)27-14-10-20(17-27)16-25-12-4-5-13-25/h1-3,6-7,20-21H,4-5,8-18H2,(H,24,29). The SMILES string of the molecule is O=C(CCc1ccccc1)N1CCC(NC(=O)N2CCC(CN3CCCC3)C2)C1. The molecule has 0 radical (unpaired) electrons. The molecule has 0 bridgehead atoms. The molecule has 2 atom stereocenters. The van der Waals surface area contributed by atoms with E-state index in [9.17, 15) is 9.59 Å². The first kappa shape index (κ1) is 20.2. The highest BCUT2D eigenvalue weighted by Gasteiger charge is 2.32. The van der Waals surface area contributed by atoms with Crippen LogP contribution in [0.3, 0.4) is 0 Å². The Balaban J connectivity index is 1.16. The largest absolute Gasteiger partial charge is 0.341 e. The van der Waals surface area contributed by atoms with E-state index in [0.29, 0.717) is 18.9 Å². The van der Waals surface area contributed by atoms with E-state index in [1.165, 1.54) is 31.5 Å². The second-order valence-corrected chi connectivity index (χ2v) is 8.87. The van der Waals surface area contributed by atoms with Gasteiger partial charge in [-0.05, 0) is 56.7 Å². The summed E-state index contributed by atoms with van der Waals surface area (Å²) in [5.74, 6) is 0.802. The number of nitrogens with zero attached hydrogens (tertiary/aromatic N) is 3. The fourth-order valence-electron chi connectivity index (χ4n) is 4.92. The summed E-state index contributed by atoms with van der Waals surface area (Å²) in [4.78, 5) is 31.6. The molecule has 3 aliphatic heterocycles. The van der Waals surface area contributed by atoms with Crippen molar-refractivity contribution in [1.29, 1.82) is 0 Å². The van der Waals surface area contributed by atoms with Gasteiger partial charge in [0.25, 0.3) is 0 Å². The fourth-order valence-corrected chi connectivity index (χ4v) is 4.92. The molecule has 0 aliphatic carbocycles. The summed E-state index contributed by atoms with van der Waals surface area (Å²) >= 11 is 0. The monoisotopic (exact) mass is 398 g/mol. The molecule has 1 aromatic carbocycles. The zero-order valence-electron chi connectivity index (χ0n) is 17.4. The summed E-state index contributed by atoms with van der Waals surface area (Å²) in [6, 6.07) is 10.3. The number of urea groups is 1. The fraction of sp³-hybridized carbons (Fsp3) is 0.652. The number of aryl methyl sites for hydroxylation is 1. The molecule has 3 aliphatic rings. The van der Waals surface area contributed by atoms with Crippen LogP contribution in [0.2, 0.25) is 0 Å². The molecule has 2 unspecified atom stereocenters. The highest BCUT2D eigenvalue weighted by molar-refractivity contribution is 5.78. The minimum Gasteiger partial charge on any atom is -0.341 e. The Labute approximate surface area is 174 Å². The van der Waals surface area contributed by atoms with Crippen molar-refractivity contribution < 1.29 is 9.59 Å². The third-order valence-corrected chi connectivity index (χ3v) is 6.63. The van der Waals surface area contributed by atoms with Gasteiger partial charge in [-0.3, -0.25) is 4.79 Å². The Morgan fingerprint density at radius 2 is 1.69 bits per heavy atom. The molecule has 1 N–H and O–H groups in total. The zero-order chi connectivity index (χ0) is 20.1. The summed E-state index contributed by atoms with van der Waals surface area (Å²) < 4.78 is 0. The molecule has 0 spiro atoms. The first-order valence-corrected chi connectivity index (χ1v) is 11.3. The summed E-state index contributed by atoms with van der Waals surface area (Å²) in [7, 11) is 0. The molecule has 158 valence electrons. The first-order chi connectivity index (χ1) is 14.2. The van der Waals surface area contributed by atoms with Gasteiger partial charge in [0.2, 0.25) is 5.91 Å². The van der Waals surface area contributed by atoms with Crippen LogP contribution >= 0.6 is 0 Å². The molecule has 4 rings (SSSR count). The molecule has 0 saturated carbocycles. The van der Waals surface area contributed by atoms with E-state index in [-0.39, 0.29) is 18.0 Å². The predicted molar refractivity (Wildman–Crippen MR) is 114 cm³/mol. The number of likely N-dealkylation sites (tertiary alicyclic amines) is 3. The predicted octanol–water partition coefficient (Wildman–Crippen LogP) is 2.35. The number of benzene rings is 1. The van der Waals surface area contributed by atoms with Gasteiger partial charge < -0.3 is 20.0 Å². The highest BCUT2D eigenvalue weighted by atomic mass is 16.2. The van der Waals surface area contributed by atoms with Crippen LogP contribution in [0.5, 0.6) is 0 Å². The number of carbonyl (C=O) groups is 2. The number of nitrogens with one attached hydrogen (secondary N) is 1. The molecule has 3 heterocycles. The van der Waals surface area contributed by atoms with Gasteiger partial charge in [-0.2, -0.15) is 0 Å². The van der Waals surface area contributed by atoms with Gasteiger partial charge in [0.15, 0.2) is 0 Å². The molecule has 29 heavy (non-hydrogen) atoms. The van der Waals surface area contributed by atoms with Gasteiger partial charge in [-0.25, -0.2) is 4.79 Å². The van der Waals surface area contributed by atoms with Gasteiger partial charge in [0, 0.05) is 45.2 Å². The quantitative estimate of drug-likeness (QED) is 0.800. The lowest BCUT2D eigenvalue weighted by molar-refractivity contribution is -0.130. The van der Waals surface area contributed by atoms with Crippen molar-refractivity contribution in [2.45, 2.75) is 44.6 Å². The van der Waals surface area contributed by atoms with Gasteiger partial charge in [0.05, 0.1) is 0 Å². The second-order valence-electron chi connectivity index (χ2n) is 8.87. The lowest BCUT2D eigenvalue weighted by Gasteiger charge is -2.23. The third-order valence-electron chi connectivity index (χ3n) is 6.63. The smallest absolute Gasteiger partial charge is 0.317 e. The first-order valence-electron chi connectivity index (χ1n) is 11.3. The molecular weight excluding hydrogens is 364 g/mol. The van der Waals surface area contributed by atoms with Crippen molar-refractivity contribution in [2.24, 2.45) is 5.92 Å². The molecular formula is C23H34N4O2. The maximum atomic E-state index is 12.7. The number of hydrogen-bond acceptors (Lipinski definition) is 3. The van der Waals surface area contributed by atoms with Crippen LogP contribution in [0, 0.1) is 5.92 Å². The Morgan fingerprint density at radius 3 is 2.48 bits per heavy atom. The molecule has 0 aromatic heterocycles. The highest BCUT2D eigenvalue weighted by Crippen LogP contribution is 2.20. The van der Waals surface area contributed by atoms with Crippen molar-refractivity contribution in [3.8, 4) is 0 Å². The van der Waals surface area contributed by atoms with Crippen molar-refractivity contribution in [3.63, 3.8) is 0 Å². The molecule has 3 fully saturated rings. The topological polar surface area (TPSA) is 55.9 Å². The van der Waals surface area contributed by atoms with Crippen LogP contribution in [0.15, 0.2) is 30.3 Å². The average molecular weight is 399 g/mol. The van der Waals surface area contributed by atoms with Crippen LogP contribution < -0.4 is 5.32 Å². The molecule has 6 nitrogen and oxygen atoms in total. The zero-order valence-corrected chi connectivity index (χ0v) is 17.4. The Hall–Kier alpha value is -2.08. The summed E-state index contributed by atoms with van der Waals surface area (Å²) in [6.45, 7) is 6.70. The van der Waals surface area contributed by atoms with Crippen molar-refractivity contribution in [2.75, 3.05) is 45.8 Å². The van der Waals surface area contributed by atoms with Gasteiger partial charge in [-0.1, -0.05) is 30.3 Å². The van der Waals surface area contributed by atoms with Crippen molar-refractivity contribution in [3.05, 3.63) is 35.9 Å². The van der Waals surface area contributed by atoms with Gasteiger partial charge in [0.1, 0.15) is 0 Å². The molecule has 3 saturated heterocycles. The van der Waals surface area contributed by atoms with Crippen LogP contribution in [0.25, 0.3) is 0 Å². The van der Waals surface area contributed by atoms with Gasteiger partial charge in [-0.15, -0.1) is 0 Å².